The number of ether oxygens (including phenoxy) is 1. The maximum absolute atomic E-state index is 13.3. The van der Waals surface area contributed by atoms with Crippen molar-refractivity contribution in [3.63, 3.8) is 0 Å². The van der Waals surface area contributed by atoms with Crippen LogP contribution in [0, 0.1) is 5.41 Å². The first-order valence-corrected chi connectivity index (χ1v) is 9.38. The first kappa shape index (κ1) is 17.3. The van der Waals surface area contributed by atoms with Gasteiger partial charge in [0, 0.05) is 22.6 Å². The Bertz CT molecular complexity index is 1070. The predicted octanol–water partition coefficient (Wildman–Crippen LogP) is 3.54. The molecule has 1 spiro atoms. The van der Waals surface area contributed by atoms with E-state index in [4.69, 9.17) is 4.74 Å². The van der Waals surface area contributed by atoms with E-state index in [0.29, 0.717) is 29.1 Å². The van der Waals surface area contributed by atoms with Crippen LogP contribution in [0.4, 0.5) is 11.4 Å². The van der Waals surface area contributed by atoms with Crippen LogP contribution < -0.4 is 10.6 Å². The number of nitrogens with one attached hydrogen (secondary N) is 2. The number of ketones is 2. The summed E-state index contributed by atoms with van der Waals surface area (Å²) in [5, 5.41) is 17.6. The van der Waals surface area contributed by atoms with Crippen molar-refractivity contribution in [2.24, 2.45) is 5.41 Å². The van der Waals surface area contributed by atoms with Crippen molar-refractivity contribution in [3.8, 4) is 5.75 Å². The van der Waals surface area contributed by atoms with Gasteiger partial charge in [0.1, 0.15) is 17.0 Å². The Morgan fingerprint density at radius 2 is 1.57 bits per heavy atom. The summed E-state index contributed by atoms with van der Waals surface area (Å²) in [5.41, 5.74) is 0.526. The monoisotopic (exact) mass is 378 g/mol. The van der Waals surface area contributed by atoms with Crippen molar-refractivity contribution in [2.75, 3.05) is 17.2 Å². The molecule has 0 bridgehead atoms. The summed E-state index contributed by atoms with van der Waals surface area (Å²) in [6.45, 7) is 8.67. The maximum atomic E-state index is 13.3. The number of rotatable bonds is 0. The standard InChI is InChI=1S/C22H22N2O4/c1-20(2)10-28-21(3,4)22(20)23-13-9-14(25)15-16(17(13)24-22)19(27)12-8-6-5-7-11(12)18(15)26/h5-9,23-25H,10H2,1-4H3. The fourth-order valence-electron chi connectivity index (χ4n) is 4.96. The van der Waals surface area contributed by atoms with Crippen molar-refractivity contribution >= 4 is 22.9 Å². The molecule has 3 N–H and O–H groups in total. The van der Waals surface area contributed by atoms with Crippen LogP contribution in [0.3, 0.4) is 0 Å². The van der Waals surface area contributed by atoms with E-state index in [1.165, 1.54) is 6.07 Å². The number of hydrogen-bond donors (Lipinski definition) is 3. The van der Waals surface area contributed by atoms with Crippen LogP contribution in [0.25, 0.3) is 0 Å². The molecule has 0 aromatic heterocycles. The maximum Gasteiger partial charge on any atom is 0.198 e. The van der Waals surface area contributed by atoms with Crippen LogP contribution >= 0.6 is 0 Å². The molecule has 2 aliphatic heterocycles. The van der Waals surface area contributed by atoms with Crippen LogP contribution in [0.1, 0.15) is 59.5 Å². The second-order valence-corrected chi connectivity index (χ2v) is 8.95. The molecule has 2 heterocycles. The molecule has 2 aromatic carbocycles. The fraction of sp³-hybridized carbons (Fsp3) is 0.364. The van der Waals surface area contributed by atoms with E-state index in [0.717, 1.165) is 0 Å². The third kappa shape index (κ3) is 1.81. The Kier molecular flexibility index (Phi) is 3.05. The smallest absolute Gasteiger partial charge is 0.198 e. The Balaban J connectivity index is 1.76. The average molecular weight is 378 g/mol. The Morgan fingerprint density at radius 1 is 0.964 bits per heavy atom. The Morgan fingerprint density at radius 3 is 2.14 bits per heavy atom. The van der Waals surface area contributed by atoms with Gasteiger partial charge in [-0.15, -0.1) is 0 Å². The first-order valence-electron chi connectivity index (χ1n) is 9.38. The number of benzene rings is 2. The molecule has 5 rings (SSSR count). The zero-order chi connectivity index (χ0) is 20.1. The SMILES string of the molecule is CC1(C)COC(C)(C)C12Nc1cc(O)c3c(c1N2)C(=O)c1ccccc1C3=O. The van der Waals surface area contributed by atoms with E-state index in [2.05, 4.69) is 24.5 Å². The fourth-order valence-corrected chi connectivity index (χ4v) is 4.96. The van der Waals surface area contributed by atoms with Gasteiger partial charge in [-0.1, -0.05) is 38.1 Å². The van der Waals surface area contributed by atoms with E-state index in [-0.39, 0.29) is 33.9 Å². The van der Waals surface area contributed by atoms with Crippen LogP contribution in [-0.4, -0.2) is 34.5 Å². The van der Waals surface area contributed by atoms with Gasteiger partial charge < -0.3 is 20.5 Å². The lowest BCUT2D eigenvalue weighted by atomic mass is 9.73. The summed E-state index contributed by atoms with van der Waals surface area (Å²) in [7, 11) is 0. The highest BCUT2D eigenvalue weighted by Crippen LogP contribution is 2.56. The van der Waals surface area contributed by atoms with Gasteiger partial charge in [0.25, 0.3) is 0 Å². The molecule has 0 saturated carbocycles. The summed E-state index contributed by atoms with van der Waals surface area (Å²) in [4.78, 5) is 26.4. The second-order valence-electron chi connectivity index (χ2n) is 8.95. The van der Waals surface area contributed by atoms with E-state index in [1.54, 1.807) is 24.3 Å². The molecule has 1 unspecified atom stereocenters. The lowest BCUT2D eigenvalue weighted by molar-refractivity contribution is 0.0138. The van der Waals surface area contributed by atoms with Gasteiger partial charge >= 0.3 is 0 Å². The second kappa shape index (κ2) is 4.94. The number of aromatic hydroxyl groups is 1. The molecule has 6 nitrogen and oxygen atoms in total. The average Bonchev–Trinajstić information content (AvgIpc) is 3.12. The molecule has 0 amide bonds. The van der Waals surface area contributed by atoms with Gasteiger partial charge in [0.2, 0.25) is 0 Å². The third-order valence-electron chi connectivity index (χ3n) is 6.52. The number of phenols is 1. The Hall–Kier alpha value is -2.86. The summed E-state index contributed by atoms with van der Waals surface area (Å²) < 4.78 is 6.06. The minimum absolute atomic E-state index is 0.0586. The summed E-state index contributed by atoms with van der Waals surface area (Å²) in [5.74, 6) is -0.796. The zero-order valence-corrected chi connectivity index (χ0v) is 16.3. The molecule has 6 heteroatoms. The molecule has 144 valence electrons. The molecule has 1 fully saturated rings. The van der Waals surface area contributed by atoms with Crippen molar-refractivity contribution in [1.82, 2.24) is 0 Å². The first-order chi connectivity index (χ1) is 13.1. The normalized spacial score (nSPS) is 25.7. The minimum Gasteiger partial charge on any atom is -0.507 e. The van der Waals surface area contributed by atoms with E-state index >= 15 is 0 Å². The number of carbonyl (C=O) groups is 2. The van der Waals surface area contributed by atoms with E-state index in [1.807, 2.05) is 13.8 Å². The van der Waals surface area contributed by atoms with E-state index < -0.39 is 11.3 Å². The largest absolute Gasteiger partial charge is 0.507 e. The molecular formula is C22H22N2O4. The summed E-state index contributed by atoms with van der Waals surface area (Å²) >= 11 is 0. The molecule has 2 aromatic rings. The molecule has 1 atom stereocenters. The van der Waals surface area contributed by atoms with Crippen molar-refractivity contribution in [2.45, 2.75) is 39.0 Å². The molecule has 1 aliphatic carbocycles. The van der Waals surface area contributed by atoms with Gasteiger partial charge in [-0.05, 0) is 13.8 Å². The highest BCUT2D eigenvalue weighted by molar-refractivity contribution is 6.32. The lowest BCUT2D eigenvalue weighted by Gasteiger charge is -2.45. The van der Waals surface area contributed by atoms with Gasteiger partial charge in [-0.2, -0.15) is 0 Å². The third-order valence-corrected chi connectivity index (χ3v) is 6.52. The highest BCUT2D eigenvalue weighted by atomic mass is 16.5. The Labute approximate surface area is 162 Å². The number of carbonyl (C=O) groups excluding carboxylic acids is 2. The van der Waals surface area contributed by atoms with Crippen LogP contribution in [0.5, 0.6) is 5.75 Å². The van der Waals surface area contributed by atoms with Gasteiger partial charge in [0.15, 0.2) is 11.6 Å². The topological polar surface area (TPSA) is 87.7 Å². The van der Waals surface area contributed by atoms with Crippen molar-refractivity contribution in [3.05, 3.63) is 52.6 Å². The van der Waals surface area contributed by atoms with Crippen LogP contribution in [-0.2, 0) is 4.74 Å². The summed E-state index contributed by atoms with van der Waals surface area (Å²) in [6.07, 6.45) is 0. The molecule has 0 radical (unpaired) electrons. The number of anilines is 2. The molecule has 28 heavy (non-hydrogen) atoms. The predicted molar refractivity (Wildman–Crippen MR) is 105 cm³/mol. The van der Waals surface area contributed by atoms with Crippen LogP contribution in [0.15, 0.2) is 30.3 Å². The number of phenolic OH excluding ortho intramolecular Hbond substituents is 1. The van der Waals surface area contributed by atoms with Crippen molar-refractivity contribution < 1.29 is 19.4 Å². The van der Waals surface area contributed by atoms with Gasteiger partial charge in [-0.25, -0.2) is 0 Å². The number of fused-ring (bicyclic) bond motifs is 4. The highest BCUT2D eigenvalue weighted by Gasteiger charge is 2.64. The number of hydrogen-bond acceptors (Lipinski definition) is 6. The lowest BCUT2D eigenvalue weighted by Crippen LogP contribution is -2.62. The minimum atomic E-state index is -0.690. The quantitative estimate of drug-likeness (QED) is 0.519. The van der Waals surface area contributed by atoms with E-state index in [9.17, 15) is 14.7 Å². The molecular weight excluding hydrogens is 356 g/mol. The van der Waals surface area contributed by atoms with Crippen molar-refractivity contribution in [1.29, 1.82) is 0 Å². The van der Waals surface area contributed by atoms with Gasteiger partial charge in [0.05, 0.1) is 29.1 Å². The molecule has 1 saturated heterocycles. The summed E-state index contributed by atoms with van der Waals surface area (Å²) in [6, 6.07) is 8.26. The van der Waals surface area contributed by atoms with Crippen LogP contribution in [0.2, 0.25) is 0 Å². The zero-order valence-electron chi connectivity index (χ0n) is 16.3. The molecule has 3 aliphatic rings. The van der Waals surface area contributed by atoms with Gasteiger partial charge in [-0.3, -0.25) is 9.59 Å².